The summed E-state index contributed by atoms with van der Waals surface area (Å²) in [6.45, 7) is 7.93. The normalized spacial score (nSPS) is 11.2. The Bertz CT molecular complexity index is 367. The average molecular weight is 220 g/mol. The lowest BCUT2D eigenvalue weighted by Gasteiger charge is -2.23. The Hall–Kier alpha value is -1.31. The van der Waals surface area contributed by atoms with Crippen molar-refractivity contribution in [1.82, 2.24) is 0 Å². The van der Waals surface area contributed by atoms with E-state index in [4.69, 9.17) is 4.74 Å². The van der Waals surface area contributed by atoms with Gasteiger partial charge in [-0.3, -0.25) is 0 Å². The van der Waals surface area contributed by atoms with E-state index in [1.54, 1.807) is 6.07 Å². The molecular weight excluding hydrogens is 200 g/mol. The number of benzene rings is 1. The standard InChI is InChI=1S/C14H20O2/c1-5-11-8-7-9-12(10-11)13(15)16-14(3,4)6-2/h7-10H,5-6H2,1-4H3. The van der Waals surface area contributed by atoms with Crippen molar-refractivity contribution in [1.29, 1.82) is 0 Å². The minimum Gasteiger partial charge on any atom is -0.456 e. The van der Waals surface area contributed by atoms with Crippen LogP contribution >= 0.6 is 0 Å². The van der Waals surface area contributed by atoms with E-state index < -0.39 is 0 Å². The number of hydrogen-bond acceptors (Lipinski definition) is 2. The summed E-state index contributed by atoms with van der Waals surface area (Å²) in [5.41, 5.74) is 1.41. The summed E-state index contributed by atoms with van der Waals surface area (Å²) in [5.74, 6) is -0.234. The van der Waals surface area contributed by atoms with Gasteiger partial charge in [-0.05, 0) is 44.4 Å². The molecule has 16 heavy (non-hydrogen) atoms. The van der Waals surface area contributed by atoms with Crippen molar-refractivity contribution >= 4 is 5.97 Å². The molecule has 0 N–H and O–H groups in total. The highest BCUT2D eigenvalue weighted by atomic mass is 16.6. The number of hydrogen-bond donors (Lipinski definition) is 0. The molecule has 88 valence electrons. The zero-order valence-electron chi connectivity index (χ0n) is 10.5. The Morgan fingerprint density at radius 1 is 1.31 bits per heavy atom. The first-order chi connectivity index (χ1) is 7.48. The molecule has 0 spiro atoms. The minimum atomic E-state index is -0.390. The summed E-state index contributed by atoms with van der Waals surface area (Å²) < 4.78 is 5.43. The highest BCUT2D eigenvalue weighted by Gasteiger charge is 2.21. The molecule has 0 fully saturated rings. The quantitative estimate of drug-likeness (QED) is 0.725. The molecule has 0 aliphatic rings. The van der Waals surface area contributed by atoms with E-state index in [0.29, 0.717) is 5.56 Å². The van der Waals surface area contributed by atoms with Gasteiger partial charge in [0.05, 0.1) is 5.56 Å². The van der Waals surface area contributed by atoms with Crippen LogP contribution in [0.2, 0.25) is 0 Å². The maximum atomic E-state index is 11.9. The van der Waals surface area contributed by atoms with Crippen molar-refractivity contribution in [2.45, 2.75) is 46.1 Å². The lowest BCUT2D eigenvalue weighted by molar-refractivity contribution is -0.00244. The van der Waals surface area contributed by atoms with Crippen molar-refractivity contribution in [3.8, 4) is 0 Å². The van der Waals surface area contributed by atoms with Gasteiger partial charge in [-0.1, -0.05) is 26.0 Å². The molecule has 1 rings (SSSR count). The third-order valence-electron chi connectivity index (χ3n) is 2.79. The Morgan fingerprint density at radius 3 is 2.56 bits per heavy atom. The first kappa shape index (κ1) is 12.8. The molecule has 0 aromatic heterocycles. The van der Waals surface area contributed by atoms with Crippen molar-refractivity contribution in [2.24, 2.45) is 0 Å². The Labute approximate surface area is 97.6 Å². The first-order valence-corrected chi connectivity index (χ1v) is 5.81. The van der Waals surface area contributed by atoms with E-state index in [1.165, 1.54) is 0 Å². The molecule has 1 aromatic carbocycles. The van der Waals surface area contributed by atoms with Crippen LogP contribution in [0.4, 0.5) is 0 Å². The number of carbonyl (C=O) groups is 1. The Morgan fingerprint density at radius 2 is 2.00 bits per heavy atom. The maximum Gasteiger partial charge on any atom is 0.338 e. The summed E-state index contributed by atoms with van der Waals surface area (Å²) in [4.78, 5) is 11.9. The van der Waals surface area contributed by atoms with Crippen molar-refractivity contribution < 1.29 is 9.53 Å². The second-order valence-electron chi connectivity index (χ2n) is 4.56. The van der Waals surface area contributed by atoms with Crippen LogP contribution in [0.1, 0.15) is 50.0 Å². The van der Waals surface area contributed by atoms with Gasteiger partial charge in [-0.15, -0.1) is 0 Å². The fourth-order valence-corrected chi connectivity index (χ4v) is 1.30. The van der Waals surface area contributed by atoms with Gasteiger partial charge < -0.3 is 4.74 Å². The molecule has 2 nitrogen and oxygen atoms in total. The van der Waals surface area contributed by atoms with Crippen LogP contribution in [0.25, 0.3) is 0 Å². The molecule has 0 saturated carbocycles. The molecule has 1 aromatic rings. The lowest BCUT2D eigenvalue weighted by atomic mass is 10.1. The summed E-state index contributed by atoms with van der Waals surface area (Å²) in [5, 5.41) is 0. The number of ether oxygens (including phenoxy) is 1. The SMILES string of the molecule is CCc1cccc(C(=O)OC(C)(C)CC)c1. The van der Waals surface area contributed by atoms with Gasteiger partial charge in [0.1, 0.15) is 5.60 Å². The highest BCUT2D eigenvalue weighted by molar-refractivity contribution is 5.89. The second kappa shape index (κ2) is 5.15. The molecule has 0 amide bonds. The molecule has 0 aliphatic carbocycles. The number of esters is 1. The molecule has 0 bridgehead atoms. The Balaban J connectivity index is 2.80. The van der Waals surface area contributed by atoms with Gasteiger partial charge in [0.25, 0.3) is 0 Å². The molecule has 0 atom stereocenters. The number of rotatable bonds is 4. The maximum absolute atomic E-state index is 11.9. The topological polar surface area (TPSA) is 26.3 Å². The summed E-state index contributed by atoms with van der Waals surface area (Å²) in [7, 11) is 0. The predicted octanol–water partition coefficient (Wildman–Crippen LogP) is 3.59. The summed E-state index contributed by atoms with van der Waals surface area (Å²) in [6.07, 6.45) is 1.74. The molecule has 0 radical (unpaired) electrons. The van der Waals surface area contributed by atoms with Crippen molar-refractivity contribution in [2.75, 3.05) is 0 Å². The van der Waals surface area contributed by atoms with E-state index in [-0.39, 0.29) is 11.6 Å². The van der Waals surface area contributed by atoms with Gasteiger partial charge in [-0.2, -0.15) is 0 Å². The van der Waals surface area contributed by atoms with Crippen LogP contribution in [0.3, 0.4) is 0 Å². The highest BCUT2D eigenvalue weighted by Crippen LogP contribution is 2.17. The lowest BCUT2D eigenvalue weighted by Crippen LogP contribution is -2.27. The van der Waals surface area contributed by atoms with Crippen molar-refractivity contribution in [3.05, 3.63) is 35.4 Å². The zero-order chi connectivity index (χ0) is 12.2. The molecular formula is C14H20O2. The zero-order valence-corrected chi connectivity index (χ0v) is 10.5. The van der Waals surface area contributed by atoms with E-state index in [0.717, 1.165) is 18.4 Å². The van der Waals surface area contributed by atoms with Gasteiger partial charge in [0.15, 0.2) is 0 Å². The van der Waals surface area contributed by atoms with Gasteiger partial charge in [-0.25, -0.2) is 4.79 Å². The minimum absolute atomic E-state index is 0.234. The van der Waals surface area contributed by atoms with Crippen LogP contribution in [0, 0.1) is 0 Å². The third kappa shape index (κ3) is 3.37. The van der Waals surface area contributed by atoms with Gasteiger partial charge >= 0.3 is 5.97 Å². The number of carbonyl (C=O) groups excluding carboxylic acids is 1. The van der Waals surface area contributed by atoms with E-state index in [9.17, 15) is 4.79 Å². The third-order valence-corrected chi connectivity index (χ3v) is 2.79. The van der Waals surface area contributed by atoms with Crippen LogP contribution in [0.5, 0.6) is 0 Å². The van der Waals surface area contributed by atoms with Crippen LogP contribution in [0.15, 0.2) is 24.3 Å². The summed E-state index contributed by atoms with van der Waals surface area (Å²) >= 11 is 0. The van der Waals surface area contributed by atoms with Crippen LogP contribution < -0.4 is 0 Å². The van der Waals surface area contributed by atoms with Gasteiger partial charge in [0, 0.05) is 0 Å². The van der Waals surface area contributed by atoms with Crippen LogP contribution in [-0.2, 0) is 11.2 Å². The number of aryl methyl sites for hydroxylation is 1. The predicted molar refractivity (Wildman–Crippen MR) is 65.6 cm³/mol. The van der Waals surface area contributed by atoms with Gasteiger partial charge in [0.2, 0.25) is 0 Å². The van der Waals surface area contributed by atoms with E-state index in [2.05, 4.69) is 6.92 Å². The summed E-state index contributed by atoms with van der Waals surface area (Å²) in [6, 6.07) is 7.61. The fourth-order valence-electron chi connectivity index (χ4n) is 1.30. The second-order valence-corrected chi connectivity index (χ2v) is 4.56. The van der Waals surface area contributed by atoms with E-state index >= 15 is 0 Å². The molecule has 0 saturated heterocycles. The first-order valence-electron chi connectivity index (χ1n) is 5.81. The molecule has 2 heteroatoms. The Kier molecular flexibility index (Phi) is 4.11. The van der Waals surface area contributed by atoms with Crippen molar-refractivity contribution in [3.63, 3.8) is 0 Å². The molecule has 0 heterocycles. The molecule has 0 aliphatic heterocycles. The largest absolute Gasteiger partial charge is 0.456 e. The average Bonchev–Trinajstić information content (AvgIpc) is 2.28. The van der Waals surface area contributed by atoms with Crippen LogP contribution in [-0.4, -0.2) is 11.6 Å². The molecule has 0 unspecified atom stereocenters. The smallest absolute Gasteiger partial charge is 0.338 e. The monoisotopic (exact) mass is 220 g/mol. The fraction of sp³-hybridized carbons (Fsp3) is 0.500. The van der Waals surface area contributed by atoms with E-state index in [1.807, 2.05) is 39.0 Å².